The lowest BCUT2D eigenvalue weighted by atomic mass is 9.90. The molecule has 1 atom stereocenters. The minimum Gasteiger partial charge on any atom is -0.386 e. The Kier molecular flexibility index (Phi) is 5.39. The van der Waals surface area contributed by atoms with Crippen molar-refractivity contribution in [2.75, 3.05) is 5.32 Å². The summed E-state index contributed by atoms with van der Waals surface area (Å²) in [6, 6.07) is 13.7. The highest BCUT2D eigenvalue weighted by Gasteiger charge is 2.36. The van der Waals surface area contributed by atoms with Crippen LogP contribution in [0.1, 0.15) is 57.4 Å². The first-order valence-corrected chi connectivity index (χ1v) is 11.6. The van der Waals surface area contributed by atoms with Gasteiger partial charge in [0.15, 0.2) is 0 Å². The SMILES string of the molecule is CC(C)(O)c1cc(NC(=O)c2nsc3ccccc23)c2c(c1)C(=O)N[C@@H]2c1cc(F)ccc1Cl. The van der Waals surface area contributed by atoms with E-state index in [1.807, 2.05) is 24.3 Å². The highest BCUT2D eigenvalue weighted by molar-refractivity contribution is 7.13. The summed E-state index contributed by atoms with van der Waals surface area (Å²) in [5.41, 5.74) is 0.782. The molecule has 1 aliphatic heterocycles. The van der Waals surface area contributed by atoms with Crippen LogP contribution in [0, 0.1) is 5.82 Å². The monoisotopic (exact) mass is 495 g/mol. The van der Waals surface area contributed by atoms with Crippen LogP contribution in [0.3, 0.4) is 0 Å². The third-order valence-electron chi connectivity index (χ3n) is 5.80. The molecule has 0 spiro atoms. The molecule has 0 saturated heterocycles. The lowest BCUT2D eigenvalue weighted by Crippen LogP contribution is -2.21. The average molecular weight is 496 g/mol. The quantitative estimate of drug-likeness (QED) is 0.353. The number of nitrogens with zero attached hydrogens (tertiary/aromatic N) is 1. The molecule has 6 nitrogen and oxygen atoms in total. The molecule has 2 amide bonds. The maximum Gasteiger partial charge on any atom is 0.276 e. The van der Waals surface area contributed by atoms with Crippen LogP contribution in [0.25, 0.3) is 10.1 Å². The van der Waals surface area contributed by atoms with Crippen LogP contribution in [-0.4, -0.2) is 21.3 Å². The molecule has 0 aliphatic carbocycles. The number of benzene rings is 3. The predicted octanol–water partition coefficient (Wildman–Crippen LogP) is 5.40. The van der Waals surface area contributed by atoms with Crippen LogP contribution in [-0.2, 0) is 5.60 Å². The summed E-state index contributed by atoms with van der Waals surface area (Å²) in [5, 5.41) is 17.3. The molecular formula is C25H19ClFN3O3S. The zero-order valence-electron chi connectivity index (χ0n) is 18.1. The third-order valence-corrected chi connectivity index (χ3v) is 6.98. The van der Waals surface area contributed by atoms with Crippen molar-refractivity contribution in [2.45, 2.75) is 25.5 Å². The van der Waals surface area contributed by atoms with Gasteiger partial charge in [0, 0.05) is 32.8 Å². The van der Waals surface area contributed by atoms with Crippen molar-refractivity contribution < 1.29 is 19.1 Å². The summed E-state index contributed by atoms with van der Waals surface area (Å²) in [5.74, 6) is -1.38. The van der Waals surface area contributed by atoms with E-state index >= 15 is 0 Å². The van der Waals surface area contributed by atoms with Gasteiger partial charge < -0.3 is 15.7 Å². The maximum atomic E-state index is 14.1. The molecule has 0 bridgehead atoms. The van der Waals surface area contributed by atoms with E-state index in [9.17, 15) is 19.1 Å². The zero-order chi connectivity index (χ0) is 24.2. The average Bonchev–Trinajstić information content (AvgIpc) is 3.36. The molecule has 34 heavy (non-hydrogen) atoms. The molecular weight excluding hydrogens is 477 g/mol. The van der Waals surface area contributed by atoms with Gasteiger partial charge in [-0.2, -0.15) is 4.37 Å². The van der Waals surface area contributed by atoms with Crippen LogP contribution in [0.2, 0.25) is 5.02 Å². The van der Waals surface area contributed by atoms with E-state index in [-0.39, 0.29) is 16.3 Å². The maximum absolute atomic E-state index is 14.1. The summed E-state index contributed by atoms with van der Waals surface area (Å²) in [7, 11) is 0. The first kappa shape index (κ1) is 22.5. The van der Waals surface area contributed by atoms with Gasteiger partial charge in [0.1, 0.15) is 11.5 Å². The molecule has 2 heterocycles. The van der Waals surface area contributed by atoms with Crippen molar-refractivity contribution in [3.05, 3.63) is 93.4 Å². The minimum absolute atomic E-state index is 0.251. The van der Waals surface area contributed by atoms with Gasteiger partial charge in [0.2, 0.25) is 0 Å². The van der Waals surface area contributed by atoms with Gasteiger partial charge in [0.25, 0.3) is 11.8 Å². The van der Waals surface area contributed by atoms with E-state index in [0.717, 1.165) is 4.70 Å². The van der Waals surface area contributed by atoms with E-state index in [2.05, 4.69) is 15.0 Å². The number of fused-ring (bicyclic) bond motifs is 2. The van der Waals surface area contributed by atoms with E-state index in [1.54, 1.807) is 26.0 Å². The Morgan fingerprint density at radius 3 is 2.74 bits per heavy atom. The summed E-state index contributed by atoms with van der Waals surface area (Å²) in [4.78, 5) is 26.2. The molecule has 0 radical (unpaired) electrons. The summed E-state index contributed by atoms with van der Waals surface area (Å²) >= 11 is 7.56. The van der Waals surface area contributed by atoms with Crippen molar-refractivity contribution in [1.29, 1.82) is 0 Å². The van der Waals surface area contributed by atoms with Crippen LogP contribution in [0.4, 0.5) is 10.1 Å². The van der Waals surface area contributed by atoms with Crippen LogP contribution >= 0.6 is 23.1 Å². The van der Waals surface area contributed by atoms with Gasteiger partial charge in [-0.15, -0.1) is 0 Å². The second-order valence-corrected chi connectivity index (χ2v) is 9.81. The number of aromatic nitrogens is 1. The van der Waals surface area contributed by atoms with Gasteiger partial charge in [-0.3, -0.25) is 9.59 Å². The number of carbonyl (C=O) groups excluding carboxylic acids is 2. The fraction of sp³-hybridized carbons (Fsp3) is 0.160. The Bertz CT molecular complexity index is 1480. The lowest BCUT2D eigenvalue weighted by molar-refractivity contribution is 0.0784. The number of carbonyl (C=O) groups is 2. The van der Waals surface area contributed by atoms with Gasteiger partial charge in [-0.25, -0.2) is 4.39 Å². The highest BCUT2D eigenvalue weighted by Crippen LogP contribution is 2.41. The first-order valence-electron chi connectivity index (χ1n) is 10.5. The zero-order valence-corrected chi connectivity index (χ0v) is 19.7. The number of hydrogen-bond acceptors (Lipinski definition) is 5. The first-order chi connectivity index (χ1) is 16.1. The van der Waals surface area contributed by atoms with E-state index in [0.29, 0.717) is 27.8 Å². The topological polar surface area (TPSA) is 91.3 Å². The molecule has 4 aromatic rings. The van der Waals surface area contributed by atoms with E-state index in [4.69, 9.17) is 11.6 Å². The molecule has 3 N–H and O–H groups in total. The van der Waals surface area contributed by atoms with E-state index in [1.165, 1.54) is 29.7 Å². The standard InChI is InChI=1S/C25H19ClFN3O3S/c1-25(2,33)12-9-16-20(21(29-23(16)31)15-11-13(27)7-8-17(15)26)18(10-12)28-24(32)22-14-5-3-4-6-19(14)34-30-22/h3-11,21,33H,1-2H3,(H,28,32)(H,29,31)/t21-/m1/s1. The molecule has 0 unspecified atom stereocenters. The molecule has 1 aliphatic rings. The number of hydrogen-bond donors (Lipinski definition) is 3. The van der Waals surface area contributed by atoms with Crippen LogP contribution in [0.15, 0.2) is 54.6 Å². The number of aliphatic hydroxyl groups is 1. The van der Waals surface area contributed by atoms with Gasteiger partial charge in [0.05, 0.1) is 16.3 Å². The number of halogens is 2. The summed E-state index contributed by atoms with van der Waals surface area (Å²) in [6.45, 7) is 3.17. The Hall–Kier alpha value is -3.33. The van der Waals surface area contributed by atoms with Crippen molar-refractivity contribution in [3.8, 4) is 0 Å². The Morgan fingerprint density at radius 1 is 1.21 bits per heavy atom. The summed E-state index contributed by atoms with van der Waals surface area (Å²) in [6.07, 6.45) is 0. The van der Waals surface area contributed by atoms with Crippen molar-refractivity contribution in [2.24, 2.45) is 0 Å². The van der Waals surface area contributed by atoms with Crippen molar-refractivity contribution in [1.82, 2.24) is 9.69 Å². The number of anilines is 1. The number of nitrogens with one attached hydrogen (secondary N) is 2. The molecule has 9 heteroatoms. The fourth-order valence-corrected chi connectivity index (χ4v) is 5.09. The number of rotatable bonds is 4. The minimum atomic E-state index is -1.28. The fourth-order valence-electron chi connectivity index (χ4n) is 4.09. The smallest absolute Gasteiger partial charge is 0.276 e. The third kappa shape index (κ3) is 3.83. The Morgan fingerprint density at radius 2 is 1.97 bits per heavy atom. The molecule has 5 rings (SSSR count). The second-order valence-electron chi connectivity index (χ2n) is 8.60. The predicted molar refractivity (Wildman–Crippen MR) is 130 cm³/mol. The Balaban J connectivity index is 1.66. The summed E-state index contributed by atoms with van der Waals surface area (Å²) < 4.78 is 19.2. The van der Waals surface area contributed by atoms with Crippen LogP contribution in [0.5, 0.6) is 0 Å². The molecule has 3 aromatic carbocycles. The molecule has 1 aromatic heterocycles. The van der Waals surface area contributed by atoms with E-state index < -0.39 is 29.3 Å². The van der Waals surface area contributed by atoms with Gasteiger partial charge in [-0.05, 0) is 67.3 Å². The second kappa shape index (κ2) is 8.16. The van der Waals surface area contributed by atoms with Crippen LogP contribution < -0.4 is 10.6 Å². The molecule has 0 fully saturated rings. The van der Waals surface area contributed by atoms with Gasteiger partial charge >= 0.3 is 0 Å². The normalized spacial score (nSPS) is 15.3. The molecule has 172 valence electrons. The largest absolute Gasteiger partial charge is 0.386 e. The number of amides is 2. The van der Waals surface area contributed by atoms with Gasteiger partial charge in [-0.1, -0.05) is 29.8 Å². The van der Waals surface area contributed by atoms with Crippen molar-refractivity contribution in [3.63, 3.8) is 0 Å². The van der Waals surface area contributed by atoms with Crippen molar-refractivity contribution >= 4 is 50.7 Å². The highest BCUT2D eigenvalue weighted by atomic mass is 35.5. The Labute approximate surface area is 203 Å². The molecule has 0 saturated carbocycles. The lowest BCUT2D eigenvalue weighted by Gasteiger charge is -2.22.